The second-order valence-corrected chi connectivity index (χ2v) is 4.82. The Labute approximate surface area is 120 Å². The van der Waals surface area contributed by atoms with Crippen molar-refractivity contribution in [1.29, 1.82) is 0 Å². The van der Waals surface area contributed by atoms with Gasteiger partial charge in [-0.2, -0.15) is 13.2 Å². The number of nitrogens with one attached hydrogen (secondary N) is 1. The number of rotatable bonds is 3. The molecule has 0 heterocycles. The van der Waals surface area contributed by atoms with Gasteiger partial charge in [-0.15, -0.1) is 0 Å². The van der Waals surface area contributed by atoms with Crippen LogP contribution in [0, 0.1) is 0 Å². The maximum Gasteiger partial charge on any atom is 0.416 e. The maximum atomic E-state index is 12.7. The highest BCUT2D eigenvalue weighted by Crippen LogP contribution is 2.33. The monoisotopic (exact) mass is 299 g/mol. The molecule has 20 heavy (non-hydrogen) atoms. The van der Waals surface area contributed by atoms with Gasteiger partial charge in [0.15, 0.2) is 0 Å². The summed E-state index contributed by atoms with van der Waals surface area (Å²) in [5.74, 6) is 0. The van der Waals surface area contributed by atoms with Crippen LogP contribution in [0.4, 0.5) is 13.2 Å². The van der Waals surface area contributed by atoms with Gasteiger partial charge in [-0.05, 0) is 41.9 Å². The van der Waals surface area contributed by atoms with Crippen LogP contribution in [0.1, 0.15) is 11.1 Å². The Morgan fingerprint density at radius 3 is 2.35 bits per heavy atom. The van der Waals surface area contributed by atoms with Crippen molar-refractivity contribution < 1.29 is 13.2 Å². The smallest absolute Gasteiger partial charge is 0.316 e. The Hall–Kier alpha value is -1.52. The average molecular weight is 300 g/mol. The summed E-state index contributed by atoms with van der Waals surface area (Å²) in [5, 5.41) is 3.52. The van der Waals surface area contributed by atoms with Crippen LogP contribution in [0.15, 0.2) is 42.5 Å². The number of halogens is 4. The minimum absolute atomic E-state index is 0.498. The van der Waals surface area contributed by atoms with E-state index in [1.807, 2.05) is 6.07 Å². The van der Waals surface area contributed by atoms with Crippen molar-refractivity contribution >= 4 is 11.6 Å². The Morgan fingerprint density at radius 2 is 1.75 bits per heavy atom. The third kappa shape index (κ3) is 3.32. The fraction of sp³-hybridized carbons (Fsp3) is 0.200. The normalized spacial score (nSPS) is 11.7. The SMILES string of the molecule is CNCc1ccc(-c2cccc(C(F)(F)F)c2)cc1Cl. The third-order valence-electron chi connectivity index (χ3n) is 2.94. The molecular weight excluding hydrogens is 287 g/mol. The van der Waals surface area contributed by atoms with E-state index in [1.165, 1.54) is 6.07 Å². The summed E-state index contributed by atoms with van der Waals surface area (Å²) < 4.78 is 38.1. The first kappa shape index (κ1) is 14.9. The van der Waals surface area contributed by atoms with Crippen LogP contribution < -0.4 is 5.32 Å². The van der Waals surface area contributed by atoms with Crippen LogP contribution in [0.3, 0.4) is 0 Å². The maximum absolute atomic E-state index is 12.7. The second kappa shape index (κ2) is 5.85. The van der Waals surface area contributed by atoms with Gasteiger partial charge < -0.3 is 5.32 Å². The van der Waals surface area contributed by atoms with Gasteiger partial charge in [0.1, 0.15) is 0 Å². The minimum atomic E-state index is -4.34. The van der Waals surface area contributed by atoms with Crippen molar-refractivity contribution in [3.05, 3.63) is 58.6 Å². The highest BCUT2D eigenvalue weighted by atomic mass is 35.5. The molecule has 106 valence electrons. The molecule has 0 saturated heterocycles. The molecule has 0 amide bonds. The summed E-state index contributed by atoms with van der Waals surface area (Å²) in [4.78, 5) is 0. The zero-order valence-corrected chi connectivity index (χ0v) is 11.5. The standard InChI is InChI=1S/C15H13ClF3N/c1-20-9-12-6-5-11(8-14(12)16)10-3-2-4-13(7-10)15(17,18)19/h2-8,20H,9H2,1H3. The first-order chi connectivity index (χ1) is 9.41. The molecule has 1 nitrogen and oxygen atoms in total. The van der Waals surface area contributed by atoms with E-state index in [0.29, 0.717) is 22.7 Å². The average Bonchev–Trinajstić information content (AvgIpc) is 2.40. The van der Waals surface area contributed by atoms with Crippen molar-refractivity contribution in [2.24, 2.45) is 0 Å². The molecule has 2 rings (SSSR count). The predicted molar refractivity (Wildman–Crippen MR) is 74.7 cm³/mol. The predicted octanol–water partition coefficient (Wildman–Crippen LogP) is 4.75. The van der Waals surface area contributed by atoms with Gasteiger partial charge in [-0.1, -0.05) is 35.9 Å². The molecule has 0 radical (unpaired) electrons. The third-order valence-corrected chi connectivity index (χ3v) is 3.30. The van der Waals surface area contributed by atoms with Gasteiger partial charge in [0, 0.05) is 11.6 Å². The van der Waals surface area contributed by atoms with Crippen LogP contribution in [0.2, 0.25) is 5.02 Å². The number of alkyl halides is 3. The van der Waals surface area contributed by atoms with Crippen LogP contribution in [0.25, 0.3) is 11.1 Å². The first-order valence-electron chi connectivity index (χ1n) is 6.02. The van der Waals surface area contributed by atoms with E-state index in [4.69, 9.17) is 11.6 Å². The quantitative estimate of drug-likeness (QED) is 0.863. The summed E-state index contributed by atoms with van der Waals surface area (Å²) >= 11 is 6.13. The Morgan fingerprint density at radius 1 is 1.05 bits per heavy atom. The highest BCUT2D eigenvalue weighted by molar-refractivity contribution is 6.31. The van der Waals surface area contributed by atoms with E-state index in [9.17, 15) is 13.2 Å². The van der Waals surface area contributed by atoms with E-state index >= 15 is 0 Å². The van der Waals surface area contributed by atoms with E-state index in [-0.39, 0.29) is 0 Å². The van der Waals surface area contributed by atoms with Crippen LogP contribution in [-0.2, 0) is 12.7 Å². The zero-order chi connectivity index (χ0) is 14.8. The van der Waals surface area contributed by atoms with Crippen molar-refractivity contribution in [2.75, 3.05) is 7.05 Å². The number of benzene rings is 2. The fourth-order valence-corrected chi connectivity index (χ4v) is 2.18. The molecule has 0 spiro atoms. The van der Waals surface area contributed by atoms with Crippen LogP contribution in [0.5, 0.6) is 0 Å². The fourth-order valence-electron chi connectivity index (χ4n) is 1.94. The lowest BCUT2D eigenvalue weighted by atomic mass is 10.0. The lowest BCUT2D eigenvalue weighted by molar-refractivity contribution is -0.137. The summed E-state index contributed by atoms with van der Waals surface area (Å²) in [6, 6.07) is 10.5. The Kier molecular flexibility index (Phi) is 4.35. The van der Waals surface area contributed by atoms with E-state index in [1.54, 1.807) is 25.2 Å². The summed E-state index contributed by atoms with van der Waals surface area (Å²) in [5.41, 5.74) is 1.41. The van der Waals surface area contributed by atoms with Gasteiger partial charge >= 0.3 is 6.18 Å². The molecule has 2 aromatic carbocycles. The molecule has 0 aliphatic carbocycles. The second-order valence-electron chi connectivity index (χ2n) is 4.42. The van der Waals surface area contributed by atoms with Gasteiger partial charge in [-0.25, -0.2) is 0 Å². The molecule has 0 atom stereocenters. The number of hydrogen-bond acceptors (Lipinski definition) is 1. The molecule has 0 bridgehead atoms. The lowest BCUT2D eigenvalue weighted by Gasteiger charge is -2.10. The minimum Gasteiger partial charge on any atom is -0.316 e. The topological polar surface area (TPSA) is 12.0 Å². The van der Waals surface area contributed by atoms with Crippen LogP contribution in [-0.4, -0.2) is 7.05 Å². The summed E-state index contributed by atoms with van der Waals surface area (Å²) in [6.07, 6.45) is -4.34. The van der Waals surface area contributed by atoms with E-state index < -0.39 is 11.7 Å². The lowest BCUT2D eigenvalue weighted by Crippen LogP contribution is -2.05. The summed E-state index contributed by atoms with van der Waals surface area (Å²) in [7, 11) is 1.80. The molecule has 5 heteroatoms. The largest absolute Gasteiger partial charge is 0.416 e. The molecular formula is C15H13ClF3N. The molecule has 0 aliphatic heterocycles. The van der Waals surface area contributed by atoms with Crippen molar-refractivity contribution in [3.8, 4) is 11.1 Å². The molecule has 0 aliphatic rings. The summed E-state index contributed by atoms with van der Waals surface area (Å²) in [6.45, 7) is 0.613. The Balaban J connectivity index is 2.39. The van der Waals surface area contributed by atoms with Crippen molar-refractivity contribution in [2.45, 2.75) is 12.7 Å². The molecule has 0 aromatic heterocycles. The van der Waals surface area contributed by atoms with Gasteiger partial charge in [0.2, 0.25) is 0 Å². The van der Waals surface area contributed by atoms with Crippen LogP contribution >= 0.6 is 11.6 Å². The van der Waals surface area contributed by atoms with E-state index in [0.717, 1.165) is 17.7 Å². The molecule has 0 unspecified atom stereocenters. The highest BCUT2D eigenvalue weighted by Gasteiger charge is 2.30. The van der Waals surface area contributed by atoms with Crippen molar-refractivity contribution in [1.82, 2.24) is 5.32 Å². The van der Waals surface area contributed by atoms with Crippen molar-refractivity contribution in [3.63, 3.8) is 0 Å². The zero-order valence-electron chi connectivity index (χ0n) is 10.8. The number of hydrogen-bond donors (Lipinski definition) is 1. The molecule has 0 saturated carbocycles. The molecule has 2 aromatic rings. The van der Waals surface area contributed by atoms with Gasteiger partial charge in [-0.3, -0.25) is 0 Å². The first-order valence-corrected chi connectivity index (χ1v) is 6.40. The Bertz CT molecular complexity index is 608. The molecule has 1 N–H and O–H groups in total. The van der Waals surface area contributed by atoms with Gasteiger partial charge in [0.05, 0.1) is 5.56 Å². The van der Waals surface area contributed by atoms with Gasteiger partial charge in [0.25, 0.3) is 0 Å². The van der Waals surface area contributed by atoms with E-state index in [2.05, 4.69) is 5.32 Å². The molecule has 0 fully saturated rings.